The lowest BCUT2D eigenvalue weighted by Crippen LogP contribution is -2.24. The van der Waals surface area contributed by atoms with Gasteiger partial charge in [0.25, 0.3) is 0 Å². The van der Waals surface area contributed by atoms with E-state index >= 15 is 0 Å². The van der Waals surface area contributed by atoms with Crippen molar-refractivity contribution in [2.75, 3.05) is 13.2 Å². The van der Waals surface area contributed by atoms with Gasteiger partial charge in [-0.3, -0.25) is 0 Å². The third kappa shape index (κ3) is 3.34. The Morgan fingerprint density at radius 2 is 2.39 bits per heavy atom. The Hall–Kier alpha value is -1.33. The third-order valence-electron chi connectivity index (χ3n) is 2.99. The minimum Gasteiger partial charge on any atom is -0.475 e. The molecule has 1 aliphatic heterocycles. The highest BCUT2D eigenvalue weighted by atomic mass is 16.5. The minimum atomic E-state index is -1.05. The fourth-order valence-electron chi connectivity index (χ4n) is 2.06. The molecule has 100 valence electrons. The Morgan fingerprint density at radius 3 is 3.00 bits per heavy atom. The van der Waals surface area contributed by atoms with E-state index in [0.29, 0.717) is 17.9 Å². The second-order valence-corrected chi connectivity index (χ2v) is 4.53. The summed E-state index contributed by atoms with van der Waals surface area (Å²) in [5, 5.41) is 8.85. The van der Waals surface area contributed by atoms with Crippen LogP contribution in [0.15, 0.2) is 10.5 Å². The van der Waals surface area contributed by atoms with Gasteiger partial charge in [0.1, 0.15) is 12.4 Å². The van der Waals surface area contributed by atoms with E-state index < -0.39 is 5.97 Å². The largest absolute Gasteiger partial charge is 0.475 e. The van der Waals surface area contributed by atoms with Crippen LogP contribution in [0, 0.1) is 6.92 Å². The summed E-state index contributed by atoms with van der Waals surface area (Å²) in [5.41, 5.74) is 0.620. The lowest BCUT2D eigenvalue weighted by molar-refractivity contribution is -0.0473. The Balaban J connectivity index is 1.79. The first-order valence-corrected chi connectivity index (χ1v) is 6.19. The molecule has 5 nitrogen and oxygen atoms in total. The number of hydrogen-bond donors (Lipinski definition) is 1. The van der Waals surface area contributed by atoms with Crippen molar-refractivity contribution in [1.82, 2.24) is 0 Å². The van der Waals surface area contributed by atoms with Crippen LogP contribution in [-0.4, -0.2) is 30.4 Å². The van der Waals surface area contributed by atoms with Crippen LogP contribution in [0.1, 0.15) is 41.1 Å². The normalized spacial score (nSPS) is 19.9. The summed E-state index contributed by atoms with van der Waals surface area (Å²) in [6, 6.07) is 1.70. The molecular formula is C13H18O5. The molecule has 1 saturated heterocycles. The zero-order chi connectivity index (χ0) is 13.0. The summed E-state index contributed by atoms with van der Waals surface area (Å²) < 4.78 is 16.2. The maximum absolute atomic E-state index is 10.8. The molecule has 18 heavy (non-hydrogen) atoms. The molecule has 0 aliphatic carbocycles. The Kier molecular flexibility index (Phi) is 4.38. The monoisotopic (exact) mass is 254 g/mol. The predicted molar refractivity (Wildman–Crippen MR) is 63.7 cm³/mol. The molecule has 1 aliphatic rings. The molecule has 5 heteroatoms. The molecule has 0 radical (unpaired) electrons. The van der Waals surface area contributed by atoms with E-state index in [1.807, 2.05) is 0 Å². The molecule has 0 spiro atoms. The van der Waals surface area contributed by atoms with Gasteiger partial charge < -0.3 is 19.0 Å². The zero-order valence-corrected chi connectivity index (χ0v) is 10.5. The molecule has 1 N–H and O–H groups in total. The summed E-state index contributed by atoms with van der Waals surface area (Å²) in [6.45, 7) is 3.33. The van der Waals surface area contributed by atoms with Gasteiger partial charge in [-0.1, -0.05) is 0 Å². The smallest absolute Gasteiger partial charge is 0.372 e. The van der Waals surface area contributed by atoms with Crippen LogP contribution in [-0.2, 0) is 16.1 Å². The van der Waals surface area contributed by atoms with Crippen LogP contribution >= 0.6 is 0 Å². The highest BCUT2D eigenvalue weighted by molar-refractivity contribution is 5.86. The van der Waals surface area contributed by atoms with Crippen molar-refractivity contribution in [3.63, 3.8) is 0 Å². The van der Waals surface area contributed by atoms with Crippen LogP contribution in [0.25, 0.3) is 0 Å². The second kappa shape index (κ2) is 6.02. The molecule has 1 fully saturated rings. The van der Waals surface area contributed by atoms with E-state index in [0.717, 1.165) is 19.4 Å². The zero-order valence-electron chi connectivity index (χ0n) is 10.5. The third-order valence-corrected chi connectivity index (χ3v) is 2.99. The fraction of sp³-hybridized carbons (Fsp3) is 0.615. The van der Waals surface area contributed by atoms with Crippen molar-refractivity contribution in [1.29, 1.82) is 0 Å². The quantitative estimate of drug-likeness (QED) is 0.873. The molecule has 0 amide bonds. The first-order chi connectivity index (χ1) is 8.66. The fourth-order valence-corrected chi connectivity index (χ4v) is 2.06. The summed E-state index contributed by atoms with van der Waals surface area (Å²) >= 11 is 0. The standard InChI is InChI=1S/C13H18O5/c1-9-6-11(18-12(9)13(14)15)8-16-7-10-4-2-3-5-17-10/h6,10H,2-5,7-8H2,1H3,(H,14,15). The van der Waals surface area contributed by atoms with Crippen molar-refractivity contribution < 1.29 is 23.8 Å². The van der Waals surface area contributed by atoms with Crippen molar-refractivity contribution in [2.45, 2.75) is 38.9 Å². The molecule has 1 unspecified atom stereocenters. The molecule has 0 bridgehead atoms. The van der Waals surface area contributed by atoms with E-state index in [9.17, 15) is 4.79 Å². The number of furan rings is 1. The highest BCUT2D eigenvalue weighted by Gasteiger charge is 2.16. The summed E-state index contributed by atoms with van der Waals surface area (Å²) in [6.07, 6.45) is 3.48. The maximum atomic E-state index is 10.8. The van der Waals surface area contributed by atoms with Gasteiger partial charge in [-0.25, -0.2) is 4.79 Å². The van der Waals surface area contributed by atoms with Crippen LogP contribution in [0.5, 0.6) is 0 Å². The van der Waals surface area contributed by atoms with Gasteiger partial charge in [-0.2, -0.15) is 0 Å². The number of hydrogen-bond acceptors (Lipinski definition) is 4. The maximum Gasteiger partial charge on any atom is 0.372 e. The second-order valence-electron chi connectivity index (χ2n) is 4.53. The molecule has 0 saturated carbocycles. The first kappa shape index (κ1) is 13.1. The summed E-state index contributed by atoms with van der Waals surface area (Å²) in [4.78, 5) is 10.8. The summed E-state index contributed by atoms with van der Waals surface area (Å²) in [7, 11) is 0. The topological polar surface area (TPSA) is 68.9 Å². The molecule has 1 atom stereocenters. The van der Waals surface area contributed by atoms with Gasteiger partial charge in [-0.05, 0) is 32.3 Å². The van der Waals surface area contributed by atoms with Crippen LogP contribution in [0.2, 0.25) is 0 Å². The number of carbonyl (C=O) groups is 1. The van der Waals surface area contributed by atoms with Crippen LogP contribution < -0.4 is 0 Å². The minimum absolute atomic E-state index is 0.0116. The molecule has 1 aromatic heterocycles. The average Bonchev–Trinajstić information content (AvgIpc) is 2.72. The lowest BCUT2D eigenvalue weighted by Gasteiger charge is -2.21. The van der Waals surface area contributed by atoms with E-state index in [1.54, 1.807) is 13.0 Å². The van der Waals surface area contributed by atoms with Crippen molar-refractivity contribution >= 4 is 5.97 Å². The molecule has 2 rings (SSSR count). The van der Waals surface area contributed by atoms with E-state index in [2.05, 4.69) is 0 Å². The average molecular weight is 254 g/mol. The van der Waals surface area contributed by atoms with Gasteiger partial charge in [0.05, 0.1) is 12.7 Å². The van der Waals surface area contributed by atoms with Crippen LogP contribution in [0.4, 0.5) is 0 Å². The Labute approximate surface area is 106 Å². The highest BCUT2D eigenvalue weighted by Crippen LogP contribution is 2.17. The van der Waals surface area contributed by atoms with E-state index in [4.69, 9.17) is 19.0 Å². The molecule has 0 aromatic carbocycles. The van der Waals surface area contributed by atoms with Crippen molar-refractivity contribution in [3.05, 3.63) is 23.2 Å². The molecular weight excluding hydrogens is 236 g/mol. The SMILES string of the molecule is Cc1cc(COCC2CCCCO2)oc1C(=O)O. The van der Waals surface area contributed by atoms with Gasteiger partial charge in [-0.15, -0.1) is 0 Å². The number of ether oxygens (including phenoxy) is 2. The van der Waals surface area contributed by atoms with Gasteiger partial charge in [0.2, 0.25) is 5.76 Å². The van der Waals surface area contributed by atoms with Gasteiger partial charge >= 0.3 is 5.97 Å². The Morgan fingerprint density at radius 1 is 1.56 bits per heavy atom. The number of carboxylic acid groups (broad SMARTS) is 1. The van der Waals surface area contributed by atoms with Gasteiger partial charge in [0.15, 0.2) is 0 Å². The molecule has 1 aromatic rings. The number of carboxylic acids is 1. The lowest BCUT2D eigenvalue weighted by atomic mass is 10.1. The van der Waals surface area contributed by atoms with Gasteiger partial charge in [0, 0.05) is 12.2 Å². The number of aryl methyl sites for hydroxylation is 1. The van der Waals surface area contributed by atoms with Crippen LogP contribution in [0.3, 0.4) is 0 Å². The number of aromatic carboxylic acids is 1. The number of rotatable bonds is 5. The summed E-state index contributed by atoms with van der Waals surface area (Å²) in [5.74, 6) is -0.516. The molecule has 2 heterocycles. The first-order valence-electron chi connectivity index (χ1n) is 6.19. The van der Waals surface area contributed by atoms with E-state index in [-0.39, 0.29) is 18.5 Å². The van der Waals surface area contributed by atoms with Crippen molar-refractivity contribution in [3.8, 4) is 0 Å². The van der Waals surface area contributed by atoms with E-state index in [1.165, 1.54) is 6.42 Å². The predicted octanol–water partition coefficient (Wildman–Crippen LogP) is 2.37. The Bertz CT molecular complexity index is 404. The van der Waals surface area contributed by atoms with Crippen molar-refractivity contribution in [2.24, 2.45) is 0 Å².